The molecule has 3 aromatic heterocycles. The van der Waals surface area contributed by atoms with Crippen LogP contribution in [0.1, 0.15) is 49.7 Å². The fourth-order valence-corrected chi connectivity index (χ4v) is 6.68. The molecule has 1 radical (unpaired) electrons. The van der Waals surface area contributed by atoms with Gasteiger partial charge in [0.15, 0.2) is 0 Å². The van der Waals surface area contributed by atoms with Crippen molar-refractivity contribution in [2.75, 3.05) is 0 Å². The monoisotopic (exact) mass is 745 g/mol. The van der Waals surface area contributed by atoms with Gasteiger partial charge in [-0.05, 0) is 52.4 Å². The van der Waals surface area contributed by atoms with Crippen LogP contribution < -0.4 is 5.19 Å². The predicted octanol–water partition coefficient (Wildman–Crippen LogP) is 9.54. The average Bonchev–Trinajstić information content (AvgIpc) is 3.77. The Labute approximate surface area is 263 Å². The van der Waals surface area contributed by atoms with Gasteiger partial charge in [0.1, 0.15) is 5.58 Å². The second kappa shape index (κ2) is 12.5. The van der Waals surface area contributed by atoms with Crippen LogP contribution in [0.15, 0.2) is 95.7 Å². The molecule has 3 aromatic carbocycles. The Bertz CT molecular complexity index is 1780. The van der Waals surface area contributed by atoms with Crippen LogP contribution in [-0.2, 0) is 20.1 Å². The summed E-state index contributed by atoms with van der Waals surface area (Å²) in [6.45, 7) is 11.4. The zero-order valence-corrected chi connectivity index (χ0v) is 28.3. The summed E-state index contributed by atoms with van der Waals surface area (Å²) in [5.74, 6) is 1.26. The molecular formula is C37H36IrN2OSi-2. The standard InChI is InChI=1S/C23H22NOSi.C14H14N.Ir/c1-26(2,3)21-9-5-7-18-17-6-4-8-19(22(17)25-23(18)21)20-13-12-16(14-24-20)15-10-11-15;1-11(2)13-8-9-14(15-10-13)12-6-4-3-5-7-12;/h4-7,9,12-15H,10-11H2,1-3H3;3-6,8-11H,1-2H3;/q2*-1;. The van der Waals surface area contributed by atoms with E-state index >= 15 is 0 Å². The molecule has 3 heterocycles. The quantitative estimate of drug-likeness (QED) is 0.130. The Balaban J connectivity index is 0.000000189. The Kier molecular flexibility index (Phi) is 8.93. The van der Waals surface area contributed by atoms with Crippen molar-refractivity contribution in [1.29, 1.82) is 0 Å². The summed E-state index contributed by atoms with van der Waals surface area (Å²) in [6.07, 6.45) is 6.56. The van der Waals surface area contributed by atoms with Gasteiger partial charge in [-0.3, -0.25) is 0 Å². The molecule has 215 valence electrons. The molecule has 1 fully saturated rings. The molecule has 0 saturated heterocycles. The summed E-state index contributed by atoms with van der Waals surface area (Å²) in [6, 6.07) is 33.6. The number of benzene rings is 3. The number of nitrogens with zero attached hydrogens (tertiary/aromatic N) is 2. The van der Waals surface area contributed by atoms with E-state index in [9.17, 15) is 0 Å². The molecule has 7 rings (SSSR count). The molecule has 0 N–H and O–H groups in total. The smallest absolute Gasteiger partial charge is 0.120 e. The minimum atomic E-state index is -1.49. The number of rotatable bonds is 5. The fourth-order valence-electron chi connectivity index (χ4n) is 5.21. The molecule has 42 heavy (non-hydrogen) atoms. The summed E-state index contributed by atoms with van der Waals surface area (Å²) in [5.41, 5.74) is 8.50. The van der Waals surface area contributed by atoms with Gasteiger partial charge in [0.05, 0.1) is 13.7 Å². The fraction of sp³-hybridized carbons (Fsp3) is 0.243. The van der Waals surface area contributed by atoms with E-state index in [0.29, 0.717) is 5.92 Å². The number of furan rings is 1. The second-order valence-electron chi connectivity index (χ2n) is 12.3. The van der Waals surface area contributed by atoms with Gasteiger partial charge in [0.25, 0.3) is 0 Å². The van der Waals surface area contributed by atoms with Crippen LogP contribution >= 0.6 is 0 Å². The summed E-state index contributed by atoms with van der Waals surface area (Å²) < 4.78 is 6.45. The molecule has 0 aliphatic heterocycles. The maximum atomic E-state index is 6.45. The summed E-state index contributed by atoms with van der Waals surface area (Å²) >= 11 is 0. The van der Waals surface area contributed by atoms with Gasteiger partial charge in [-0.25, -0.2) is 0 Å². The number of fused-ring (bicyclic) bond motifs is 3. The van der Waals surface area contributed by atoms with Crippen LogP contribution in [0.4, 0.5) is 0 Å². The predicted molar refractivity (Wildman–Crippen MR) is 173 cm³/mol. The molecule has 0 bridgehead atoms. The third-order valence-electron chi connectivity index (χ3n) is 7.80. The van der Waals surface area contributed by atoms with E-state index in [1.165, 1.54) is 34.5 Å². The van der Waals surface area contributed by atoms with Crippen LogP contribution in [0.2, 0.25) is 19.6 Å². The molecule has 1 aliphatic rings. The van der Waals surface area contributed by atoms with Crippen molar-refractivity contribution < 1.29 is 24.5 Å². The molecule has 1 saturated carbocycles. The first-order chi connectivity index (χ1) is 19.8. The van der Waals surface area contributed by atoms with E-state index < -0.39 is 8.07 Å². The number of hydrogen-bond donors (Lipinski definition) is 0. The number of pyridine rings is 2. The van der Waals surface area contributed by atoms with Crippen molar-refractivity contribution >= 4 is 35.2 Å². The van der Waals surface area contributed by atoms with Crippen LogP contribution in [0.25, 0.3) is 44.5 Å². The first kappa shape index (κ1) is 30.1. The van der Waals surface area contributed by atoms with Crippen molar-refractivity contribution in [3.63, 3.8) is 0 Å². The second-order valence-corrected chi connectivity index (χ2v) is 17.3. The van der Waals surface area contributed by atoms with Crippen molar-refractivity contribution in [1.82, 2.24) is 9.97 Å². The number of para-hydroxylation sites is 1. The summed E-state index contributed by atoms with van der Waals surface area (Å²) in [7, 11) is -1.49. The van der Waals surface area contributed by atoms with Crippen molar-refractivity contribution in [2.45, 2.75) is 58.2 Å². The van der Waals surface area contributed by atoms with Crippen molar-refractivity contribution in [3.05, 3.63) is 115 Å². The Morgan fingerprint density at radius 1 is 0.762 bits per heavy atom. The number of hydrogen-bond acceptors (Lipinski definition) is 3. The van der Waals surface area contributed by atoms with E-state index in [1.54, 1.807) is 0 Å². The molecule has 0 spiro atoms. The van der Waals surface area contributed by atoms with Gasteiger partial charge >= 0.3 is 0 Å². The van der Waals surface area contributed by atoms with Crippen molar-refractivity contribution in [3.8, 4) is 22.5 Å². The maximum absolute atomic E-state index is 6.45. The molecular weight excluding hydrogens is 709 g/mol. The van der Waals surface area contributed by atoms with Crippen LogP contribution in [0, 0.1) is 12.1 Å². The Morgan fingerprint density at radius 3 is 2.14 bits per heavy atom. The molecule has 1 aliphatic carbocycles. The minimum Gasteiger partial charge on any atom is -0.501 e. The van der Waals surface area contributed by atoms with Crippen LogP contribution in [-0.4, -0.2) is 18.0 Å². The Morgan fingerprint density at radius 2 is 1.52 bits per heavy atom. The van der Waals surface area contributed by atoms with E-state index in [0.717, 1.165) is 45.0 Å². The van der Waals surface area contributed by atoms with Gasteiger partial charge in [-0.2, -0.15) is 0 Å². The molecule has 0 atom stereocenters. The Hall–Kier alpha value is -3.37. The zero-order valence-electron chi connectivity index (χ0n) is 24.9. The zero-order chi connectivity index (χ0) is 28.6. The number of aromatic nitrogens is 2. The molecule has 5 heteroatoms. The van der Waals surface area contributed by atoms with E-state index in [-0.39, 0.29) is 20.1 Å². The largest absolute Gasteiger partial charge is 0.501 e. The molecule has 0 amide bonds. The average molecular weight is 745 g/mol. The maximum Gasteiger partial charge on any atom is 0.120 e. The third-order valence-corrected chi connectivity index (χ3v) is 9.81. The van der Waals surface area contributed by atoms with Crippen LogP contribution in [0.3, 0.4) is 0 Å². The SMILES string of the molecule is CC(C)c1ccc(-c2[c-]cccc2)nc1.C[Si](C)(C)c1cccc2c1oc1c(-c3ccc(C4CC4)cn3)[c-]ccc12.[Ir]. The molecule has 3 nitrogen and oxygen atoms in total. The van der Waals surface area contributed by atoms with Gasteiger partial charge < -0.3 is 14.4 Å². The van der Waals surface area contributed by atoms with Crippen LogP contribution in [0.5, 0.6) is 0 Å². The van der Waals surface area contributed by atoms with E-state index in [1.807, 2.05) is 42.7 Å². The van der Waals surface area contributed by atoms with Gasteiger partial charge in [0.2, 0.25) is 0 Å². The summed E-state index contributed by atoms with van der Waals surface area (Å²) in [5, 5.41) is 3.72. The first-order valence-corrected chi connectivity index (χ1v) is 18.1. The van der Waals surface area contributed by atoms with Gasteiger partial charge in [-0.15, -0.1) is 54.1 Å². The first-order valence-electron chi connectivity index (χ1n) is 14.6. The van der Waals surface area contributed by atoms with E-state index in [4.69, 9.17) is 9.40 Å². The van der Waals surface area contributed by atoms with E-state index in [2.05, 4.69) is 99.1 Å². The topological polar surface area (TPSA) is 38.9 Å². The minimum absolute atomic E-state index is 0. The van der Waals surface area contributed by atoms with Gasteiger partial charge in [-0.1, -0.05) is 86.9 Å². The summed E-state index contributed by atoms with van der Waals surface area (Å²) in [4.78, 5) is 9.16. The molecule has 0 unspecified atom stereocenters. The normalized spacial score (nSPS) is 13.1. The van der Waals surface area contributed by atoms with Gasteiger partial charge in [0, 0.05) is 37.9 Å². The van der Waals surface area contributed by atoms with Crippen molar-refractivity contribution in [2.24, 2.45) is 0 Å². The third kappa shape index (κ3) is 6.34. The molecule has 6 aromatic rings.